The Balaban J connectivity index is 2.27. The van der Waals surface area contributed by atoms with Gasteiger partial charge in [0.15, 0.2) is 0 Å². The largest absolute Gasteiger partial charge is 0.340 e. The van der Waals surface area contributed by atoms with Gasteiger partial charge in [-0.2, -0.15) is 0 Å². The maximum absolute atomic E-state index is 12.1. The lowest BCUT2D eigenvalue weighted by molar-refractivity contribution is -0.141. The van der Waals surface area contributed by atoms with Gasteiger partial charge in [0.1, 0.15) is 0 Å². The van der Waals surface area contributed by atoms with Gasteiger partial charge in [-0.15, -0.1) is 0 Å². The van der Waals surface area contributed by atoms with E-state index in [4.69, 9.17) is 0 Å². The van der Waals surface area contributed by atoms with Gasteiger partial charge in [0.25, 0.3) is 0 Å². The Morgan fingerprint density at radius 2 is 1.67 bits per heavy atom. The summed E-state index contributed by atoms with van der Waals surface area (Å²) in [5, 5.41) is 0. The lowest BCUT2D eigenvalue weighted by Gasteiger charge is -2.37. The third kappa shape index (κ3) is 4.94. The Labute approximate surface area is 112 Å². The smallest absolute Gasteiger partial charge is 0.228 e. The van der Waals surface area contributed by atoms with Crippen molar-refractivity contribution in [3.8, 4) is 0 Å². The van der Waals surface area contributed by atoms with E-state index < -0.39 is 0 Å². The highest BCUT2D eigenvalue weighted by atomic mass is 16.2. The molecule has 4 nitrogen and oxygen atoms in total. The second-order valence-corrected chi connectivity index (χ2v) is 6.54. The van der Waals surface area contributed by atoms with Crippen LogP contribution in [0.15, 0.2) is 0 Å². The summed E-state index contributed by atoms with van der Waals surface area (Å²) in [6, 6.07) is 0. The van der Waals surface area contributed by atoms with Crippen LogP contribution in [-0.2, 0) is 4.79 Å². The lowest BCUT2D eigenvalue weighted by atomic mass is 9.94. The van der Waals surface area contributed by atoms with Crippen LogP contribution in [0.3, 0.4) is 0 Å². The normalized spacial score (nSPS) is 18.4. The van der Waals surface area contributed by atoms with Crippen LogP contribution in [0.1, 0.15) is 27.2 Å². The molecule has 18 heavy (non-hydrogen) atoms. The molecule has 0 radical (unpaired) electrons. The molecule has 1 aliphatic rings. The Hall–Kier alpha value is -0.610. The third-order valence-corrected chi connectivity index (χ3v) is 3.38. The van der Waals surface area contributed by atoms with Crippen LogP contribution < -0.4 is 0 Å². The lowest BCUT2D eigenvalue weighted by Crippen LogP contribution is -2.51. The van der Waals surface area contributed by atoms with Crippen LogP contribution in [0.25, 0.3) is 0 Å². The quantitative estimate of drug-likeness (QED) is 0.753. The van der Waals surface area contributed by atoms with Crippen molar-refractivity contribution in [2.24, 2.45) is 5.41 Å². The Morgan fingerprint density at radius 1 is 1.11 bits per heavy atom. The summed E-state index contributed by atoms with van der Waals surface area (Å²) in [4.78, 5) is 18.8. The average Bonchev–Trinajstić information content (AvgIpc) is 2.27. The van der Waals surface area contributed by atoms with Gasteiger partial charge in [0, 0.05) is 31.6 Å². The fourth-order valence-electron chi connectivity index (χ4n) is 2.26. The molecule has 0 aliphatic carbocycles. The zero-order valence-corrected chi connectivity index (χ0v) is 12.7. The first kappa shape index (κ1) is 15.4. The first-order chi connectivity index (χ1) is 8.30. The van der Waals surface area contributed by atoms with Crippen molar-refractivity contribution in [1.82, 2.24) is 14.7 Å². The van der Waals surface area contributed by atoms with Crippen LogP contribution in [0, 0.1) is 5.41 Å². The molecule has 0 spiro atoms. The summed E-state index contributed by atoms with van der Waals surface area (Å²) in [5.41, 5.74) is -0.243. The molecule has 0 N–H and O–H groups in total. The number of rotatable bonds is 4. The van der Waals surface area contributed by atoms with Crippen LogP contribution in [-0.4, -0.2) is 74.0 Å². The summed E-state index contributed by atoms with van der Waals surface area (Å²) in [5.74, 6) is 0.287. The standard InChI is InChI=1S/C14H29N3O/c1-14(2,3)13(18)17-11-9-16(10-12-17)8-6-7-15(4)5/h6-12H2,1-5H3. The number of nitrogens with zero attached hydrogens (tertiary/aromatic N) is 3. The van der Waals surface area contributed by atoms with Crippen molar-refractivity contribution in [3.05, 3.63) is 0 Å². The average molecular weight is 255 g/mol. The van der Waals surface area contributed by atoms with E-state index >= 15 is 0 Å². The van der Waals surface area contributed by atoms with Crippen molar-refractivity contribution in [2.45, 2.75) is 27.2 Å². The molecule has 1 saturated heterocycles. The van der Waals surface area contributed by atoms with Crippen LogP contribution in [0.4, 0.5) is 0 Å². The van der Waals surface area contributed by atoms with Gasteiger partial charge in [0.05, 0.1) is 0 Å². The van der Waals surface area contributed by atoms with Gasteiger partial charge < -0.3 is 9.80 Å². The van der Waals surface area contributed by atoms with E-state index in [1.165, 1.54) is 6.42 Å². The first-order valence-corrected chi connectivity index (χ1v) is 6.97. The monoisotopic (exact) mass is 255 g/mol. The highest BCUT2D eigenvalue weighted by Gasteiger charge is 2.29. The van der Waals surface area contributed by atoms with E-state index in [1.54, 1.807) is 0 Å². The van der Waals surface area contributed by atoms with Gasteiger partial charge in [-0.1, -0.05) is 20.8 Å². The number of hydrogen-bond acceptors (Lipinski definition) is 3. The van der Waals surface area contributed by atoms with E-state index in [-0.39, 0.29) is 11.3 Å². The second-order valence-electron chi connectivity index (χ2n) is 6.54. The zero-order valence-electron chi connectivity index (χ0n) is 12.7. The predicted molar refractivity (Wildman–Crippen MR) is 75.6 cm³/mol. The van der Waals surface area contributed by atoms with E-state index in [0.717, 1.165) is 39.3 Å². The van der Waals surface area contributed by atoms with Gasteiger partial charge >= 0.3 is 0 Å². The van der Waals surface area contributed by atoms with Gasteiger partial charge in [-0.3, -0.25) is 9.69 Å². The van der Waals surface area contributed by atoms with Gasteiger partial charge in [-0.05, 0) is 33.6 Å². The topological polar surface area (TPSA) is 26.8 Å². The summed E-state index contributed by atoms with van der Waals surface area (Å²) >= 11 is 0. The molecule has 1 fully saturated rings. The maximum atomic E-state index is 12.1. The van der Waals surface area contributed by atoms with E-state index in [1.807, 2.05) is 25.7 Å². The number of amides is 1. The predicted octanol–water partition coefficient (Wildman–Crippen LogP) is 1.13. The minimum atomic E-state index is -0.243. The van der Waals surface area contributed by atoms with E-state index in [2.05, 4.69) is 23.9 Å². The molecule has 106 valence electrons. The molecular formula is C14H29N3O. The van der Waals surface area contributed by atoms with Gasteiger partial charge in [-0.25, -0.2) is 0 Å². The maximum Gasteiger partial charge on any atom is 0.228 e. The van der Waals surface area contributed by atoms with E-state index in [0.29, 0.717) is 0 Å². The fraction of sp³-hybridized carbons (Fsp3) is 0.929. The van der Waals surface area contributed by atoms with Crippen LogP contribution in [0.5, 0.6) is 0 Å². The number of carbonyl (C=O) groups excluding carboxylic acids is 1. The van der Waals surface area contributed by atoms with Crippen molar-refractivity contribution < 1.29 is 4.79 Å². The fourth-order valence-corrected chi connectivity index (χ4v) is 2.26. The highest BCUT2D eigenvalue weighted by molar-refractivity contribution is 5.81. The number of piperazine rings is 1. The second kappa shape index (κ2) is 6.53. The number of hydrogen-bond donors (Lipinski definition) is 0. The molecule has 4 heteroatoms. The summed E-state index contributed by atoms with van der Waals surface area (Å²) in [7, 11) is 4.22. The SMILES string of the molecule is CN(C)CCCN1CCN(C(=O)C(C)(C)C)CC1. The van der Waals surface area contributed by atoms with Gasteiger partial charge in [0.2, 0.25) is 5.91 Å². The summed E-state index contributed by atoms with van der Waals surface area (Å²) in [6.45, 7) is 12.1. The highest BCUT2D eigenvalue weighted by Crippen LogP contribution is 2.18. The van der Waals surface area contributed by atoms with Crippen LogP contribution in [0.2, 0.25) is 0 Å². The molecule has 0 aromatic rings. The zero-order chi connectivity index (χ0) is 13.8. The third-order valence-electron chi connectivity index (χ3n) is 3.38. The van der Waals surface area contributed by atoms with Crippen molar-refractivity contribution in [3.63, 3.8) is 0 Å². The first-order valence-electron chi connectivity index (χ1n) is 6.97. The van der Waals surface area contributed by atoms with Crippen molar-refractivity contribution in [2.75, 3.05) is 53.4 Å². The molecule has 1 amide bonds. The Morgan fingerprint density at radius 3 is 2.11 bits per heavy atom. The van der Waals surface area contributed by atoms with Crippen LogP contribution >= 0.6 is 0 Å². The molecule has 0 bridgehead atoms. The molecule has 1 aliphatic heterocycles. The molecule has 0 aromatic carbocycles. The molecule has 1 heterocycles. The molecule has 1 rings (SSSR count). The summed E-state index contributed by atoms with van der Waals surface area (Å²) < 4.78 is 0. The number of carbonyl (C=O) groups is 1. The summed E-state index contributed by atoms with van der Waals surface area (Å²) in [6.07, 6.45) is 1.21. The van der Waals surface area contributed by atoms with E-state index in [9.17, 15) is 4.79 Å². The molecule has 0 aromatic heterocycles. The Kier molecular flexibility index (Phi) is 5.60. The minimum absolute atomic E-state index is 0.243. The molecule has 0 atom stereocenters. The van der Waals surface area contributed by atoms with Crippen molar-refractivity contribution >= 4 is 5.91 Å². The molecular weight excluding hydrogens is 226 g/mol. The van der Waals surface area contributed by atoms with Crippen molar-refractivity contribution in [1.29, 1.82) is 0 Å². The minimum Gasteiger partial charge on any atom is -0.340 e. The molecule has 0 unspecified atom stereocenters. The molecule has 0 saturated carbocycles. The Bertz CT molecular complexity index is 263.